The molecule has 0 aromatic carbocycles. The molecule has 0 spiro atoms. The van der Waals surface area contributed by atoms with Crippen LogP contribution in [0.25, 0.3) is 0 Å². The lowest BCUT2D eigenvalue weighted by molar-refractivity contribution is -0.305. The first kappa shape index (κ1) is 54.9. The predicted octanol–water partition coefficient (Wildman–Crippen LogP) is 11.6. The maximum atomic E-state index is 12.8. The topological polar surface area (TPSA) is 135 Å². The molecule has 1 fully saturated rings. The Hall–Kier alpha value is -1.07. The minimum absolute atomic E-state index is 0.108. The Labute approximate surface area is 356 Å². The van der Waals surface area contributed by atoms with E-state index < -0.39 is 43.4 Å². The van der Waals surface area contributed by atoms with Crippen molar-refractivity contribution >= 4 is 5.97 Å². The van der Waals surface area contributed by atoms with Gasteiger partial charge in [-0.2, -0.15) is 0 Å². The van der Waals surface area contributed by atoms with Gasteiger partial charge in [-0.3, -0.25) is 4.79 Å². The molecule has 0 aromatic rings. The van der Waals surface area contributed by atoms with Gasteiger partial charge in [0, 0.05) is 13.0 Å². The molecular formula is C49H94O9. The van der Waals surface area contributed by atoms with E-state index in [2.05, 4.69) is 26.0 Å². The average molecular weight is 827 g/mol. The van der Waals surface area contributed by atoms with Crippen LogP contribution in [0.4, 0.5) is 0 Å². The van der Waals surface area contributed by atoms with Gasteiger partial charge in [0.1, 0.15) is 30.5 Å². The van der Waals surface area contributed by atoms with Crippen LogP contribution in [-0.2, 0) is 23.7 Å². The van der Waals surface area contributed by atoms with Crippen molar-refractivity contribution in [3.8, 4) is 0 Å². The van der Waals surface area contributed by atoms with Crippen molar-refractivity contribution in [2.75, 3.05) is 26.4 Å². The lowest BCUT2D eigenvalue weighted by atomic mass is 9.99. The quantitative estimate of drug-likeness (QED) is 0.0269. The number of allylic oxidation sites excluding steroid dienone is 2. The fourth-order valence-corrected chi connectivity index (χ4v) is 7.78. The number of rotatable bonds is 43. The van der Waals surface area contributed by atoms with Crippen LogP contribution in [0.2, 0.25) is 0 Å². The Kier molecular flexibility index (Phi) is 39.1. The van der Waals surface area contributed by atoms with Gasteiger partial charge < -0.3 is 39.4 Å². The van der Waals surface area contributed by atoms with Crippen molar-refractivity contribution in [1.82, 2.24) is 0 Å². The Bertz CT molecular complexity index is 899. The molecule has 58 heavy (non-hydrogen) atoms. The molecule has 1 aliphatic rings. The maximum Gasteiger partial charge on any atom is 0.306 e. The van der Waals surface area contributed by atoms with Crippen molar-refractivity contribution in [3.63, 3.8) is 0 Å². The molecule has 6 atom stereocenters. The molecule has 0 bridgehead atoms. The van der Waals surface area contributed by atoms with Crippen molar-refractivity contribution in [2.24, 2.45) is 0 Å². The zero-order valence-corrected chi connectivity index (χ0v) is 37.8. The standard InChI is InChI=1S/C49H94O9/c1-3-5-7-9-11-13-15-17-19-20-21-22-23-25-27-29-31-33-35-37-39-55-41-43(42-56-49-48(54)47(53)46(52)44(40-50)58-49)57-45(51)38-36-34-32-30-28-26-24-18-16-14-12-10-8-6-4-2/h17,19,43-44,46-50,52-54H,3-16,18,20-42H2,1-2H3/b19-17-. The molecule has 344 valence electrons. The Morgan fingerprint density at radius 3 is 1.40 bits per heavy atom. The van der Waals surface area contributed by atoms with E-state index >= 15 is 0 Å². The second-order valence-electron chi connectivity index (χ2n) is 17.3. The lowest BCUT2D eigenvalue weighted by Gasteiger charge is -2.39. The van der Waals surface area contributed by atoms with E-state index in [9.17, 15) is 25.2 Å². The maximum absolute atomic E-state index is 12.8. The highest BCUT2D eigenvalue weighted by Gasteiger charge is 2.44. The molecule has 0 aromatic heterocycles. The average Bonchev–Trinajstić information content (AvgIpc) is 3.22. The predicted molar refractivity (Wildman–Crippen MR) is 238 cm³/mol. The molecule has 0 saturated carbocycles. The van der Waals surface area contributed by atoms with E-state index in [-0.39, 0.29) is 19.2 Å². The van der Waals surface area contributed by atoms with Gasteiger partial charge in [0.25, 0.3) is 0 Å². The molecular weight excluding hydrogens is 733 g/mol. The minimum Gasteiger partial charge on any atom is -0.457 e. The summed E-state index contributed by atoms with van der Waals surface area (Å²) in [7, 11) is 0. The SMILES string of the molecule is CCCCCCCC/C=C\CCCCCCCCCCCCOCC(COC1OC(CO)C(O)C(O)C1O)OC(=O)CCCCCCCCCCCCCCCCC. The summed E-state index contributed by atoms with van der Waals surface area (Å²) in [6, 6.07) is 0. The Morgan fingerprint density at radius 2 is 0.948 bits per heavy atom. The van der Waals surface area contributed by atoms with E-state index in [1.165, 1.54) is 180 Å². The van der Waals surface area contributed by atoms with Crippen molar-refractivity contribution in [3.05, 3.63) is 12.2 Å². The number of esters is 1. The summed E-state index contributed by atoms with van der Waals surface area (Å²) in [5.41, 5.74) is 0. The van der Waals surface area contributed by atoms with Gasteiger partial charge in [0.15, 0.2) is 6.29 Å². The largest absolute Gasteiger partial charge is 0.457 e. The molecule has 6 unspecified atom stereocenters. The fourth-order valence-electron chi connectivity index (χ4n) is 7.78. The second kappa shape index (κ2) is 41.3. The number of carbonyl (C=O) groups excluding carboxylic acids is 1. The molecule has 0 aliphatic carbocycles. The Balaban J connectivity index is 2.20. The van der Waals surface area contributed by atoms with Gasteiger partial charge in [-0.15, -0.1) is 0 Å². The van der Waals surface area contributed by atoms with E-state index in [0.717, 1.165) is 32.1 Å². The van der Waals surface area contributed by atoms with Gasteiger partial charge in [0.2, 0.25) is 0 Å². The van der Waals surface area contributed by atoms with E-state index in [1.54, 1.807) is 0 Å². The first-order valence-corrected chi connectivity index (χ1v) is 24.8. The highest BCUT2D eigenvalue weighted by molar-refractivity contribution is 5.69. The summed E-state index contributed by atoms with van der Waals surface area (Å²) in [5, 5.41) is 40.2. The van der Waals surface area contributed by atoms with Gasteiger partial charge >= 0.3 is 5.97 Å². The van der Waals surface area contributed by atoms with Gasteiger partial charge in [-0.05, 0) is 38.5 Å². The minimum atomic E-state index is -1.53. The van der Waals surface area contributed by atoms with E-state index in [0.29, 0.717) is 13.0 Å². The third kappa shape index (κ3) is 31.8. The molecule has 1 saturated heterocycles. The molecule has 1 heterocycles. The summed E-state index contributed by atoms with van der Waals surface area (Å²) in [6.07, 6.45) is 39.5. The molecule has 0 amide bonds. The van der Waals surface area contributed by atoms with Crippen LogP contribution in [0.1, 0.15) is 232 Å². The van der Waals surface area contributed by atoms with E-state index in [1.807, 2.05) is 0 Å². The molecule has 0 radical (unpaired) electrons. The summed E-state index contributed by atoms with van der Waals surface area (Å²) >= 11 is 0. The normalized spacial score (nSPS) is 20.3. The lowest BCUT2D eigenvalue weighted by Crippen LogP contribution is -2.59. The highest BCUT2D eigenvalue weighted by Crippen LogP contribution is 2.23. The summed E-state index contributed by atoms with van der Waals surface area (Å²) < 4.78 is 22.9. The number of unbranched alkanes of at least 4 members (excludes halogenated alkanes) is 30. The van der Waals surface area contributed by atoms with Crippen LogP contribution in [0.5, 0.6) is 0 Å². The smallest absolute Gasteiger partial charge is 0.306 e. The molecule has 1 rings (SSSR count). The fraction of sp³-hybridized carbons (Fsp3) is 0.939. The molecule has 1 aliphatic heterocycles. The first-order valence-electron chi connectivity index (χ1n) is 24.8. The Morgan fingerprint density at radius 1 is 0.534 bits per heavy atom. The van der Waals surface area contributed by atoms with Gasteiger partial charge in [0.05, 0.1) is 19.8 Å². The van der Waals surface area contributed by atoms with Crippen LogP contribution in [0.3, 0.4) is 0 Å². The third-order valence-corrected chi connectivity index (χ3v) is 11.7. The van der Waals surface area contributed by atoms with Crippen LogP contribution in [0, 0.1) is 0 Å². The molecule has 4 N–H and O–H groups in total. The molecule has 9 heteroatoms. The molecule has 9 nitrogen and oxygen atoms in total. The van der Waals surface area contributed by atoms with Crippen molar-refractivity contribution in [2.45, 2.75) is 269 Å². The number of aliphatic hydroxyl groups excluding tert-OH is 4. The van der Waals surface area contributed by atoms with Gasteiger partial charge in [-0.1, -0.05) is 199 Å². The second-order valence-corrected chi connectivity index (χ2v) is 17.3. The van der Waals surface area contributed by atoms with Crippen LogP contribution in [0.15, 0.2) is 12.2 Å². The first-order chi connectivity index (χ1) is 28.4. The summed E-state index contributed by atoms with van der Waals surface area (Å²) in [4.78, 5) is 12.8. The number of ether oxygens (including phenoxy) is 4. The zero-order valence-electron chi connectivity index (χ0n) is 37.8. The van der Waals surface area contributed by atoms with Crippen molar-refractivity contribution in [1.29, 1.82) is 0 Å². The van der Waals surface area contributed by atoms with Crippen LogP contribution in [-0.4, -0.2) is 89.6 Å². The summed E-state index contributed by atoms with van der Waals surface area (Å²) in [6.45, 7) is 4.60. The monoisotopic (exact) mass is 827 g/mol. The van der Waals surface area contributed by atoms with Gasteiger partial charge in [-0.25, -0.2) is 0 Å². The number of hydrogen-bond acceptors (Lipinski definition) is 9. The number of aliphatic hydroxyl groups is 4. The van der Waals surface area contributed by atoms with Crippen LogP contribution < -0.4 is 0 Å². The third-order valence-electron chi connectivity index (χ3n) is 11.7. The zero-order chi connectivity index (χ0) is 42.2. The van der Waals surface area contributed by atoms with E-state index in [4.69, 9.17) is 18.9 Å². The number of carbonyl (C=O) groups is 1. The highest BCUT2D eigenvalue weighted by atomic mass is 16.7. The summed E-state index contributed by atoms with van der Waals surface area (Å²) in [5.74, 6) is -0.309. The van der Waals surface area contributed by atoms with Crippen LogP contribution >= 0.6 is 0 Å². The van der Waals surface area contributed by atoms with Crippen molar-refractivity contribution < 1.29 is 44.2 Å². The number of hydrogen-bond donors (Lipinski definition) is 4.